The number of nitrogens with zero attached hydrogens (tertiary/aromatic N) is 1. The van der Waals surface area contributed by atoms with Gasteiger partial charge in [-0.15, -0.1) is 12.4 Å². The van der Waals surface area contributed by atoms with Crippen molar-refractivity contribution < 1.29 is 47.7 Å². The minimum absolute atomic E-state index is 0. The van der Waals surface area contributed by atoms with Crippen LogP contribution in [0.5, 0.6) is 0 Å². The molecule has 2 saturated carbocycles. The number of halogens is 2. The number of esters is 4. The van der Waals surface area contributed by atoms with Crippen molar-refractivity contribution in [3.8, 4) is 0 Å². The molecule has 0 atom stereocenters. The first-order chi connectivity index (χ1) is 21.7. The van der Waals surface area contributed by atoms with E-state index in [1.54, 1.807) is 0 Å². The first-order valence-corrected chi connectivity index (χ1v) is 16.4. The fraction of sp³-hybridized carbons (Fsp3) is 0.812. The van der Waals surface area contributed by atoms with Gasteiger partial charge in [0.2, 0.25) is 11.1 Å². The third-order valence-corrected chi connectivity index (χ3v) is 8.02. The van der Waals surface area contributed by atoms with Crippen molar-refractivity contribution in [2.45, 2.75) is 122 Å². The number of nitrogens with one attached hydrogen (secondary N) is 1. The predicted molar refractivity (Wildman–Crippen MR) is 182 cm³/mol. The minimum atomic E-state index is -0.990. The second-order valence-electron chi connectivity index (χ2n) is 11.1. The summed E-state index contributed by atoms with van der Waals surface area (Å²) < 4.78 is 18.1. The lowest BCUT2D eigenvalue weighted by Crippen LogP contribution is -2.55. The monoisotopic (exact) mass is 715 g/mol. The van der Waals surface area contributed by atoms with Crippen molar-refractivity contribution >= 4 is 59.0 Å². The molecule has 0 spiro atoms. The van der Waals surface area contributed by atoms with Gasteiger partial charge >= 0.3 is 23.9 Å². The molecule has 0 aromatic rings. The summed E-state index contributed by atoms with van der Waals surface area (Å²) in [4.78, 5) is 68.5. The van der Waals surface area contributed by atoms with E-state index in [9.17, 15) is 28.8 Å². The van der Waals surface area contributed by atoms with Crippen LogP contribution in [-0.4, -0.2) is 99.1 Å². The molecular weight excluding hydrogens is 657 g/mol. The molecule has 0 aliphatic heterocycles. The van der Waals surface area contributed by atoms with Gasteiger partial charge < -0.3 is 34.9 Å². The Hall–Kier alpha value is -2.48. The number of hydrogen-bond donors (Lipinski definition) is 2. The van der Waals surface area contributed by atoms with E-state index in [1.165, 1.54) is 60.9 Å². The van der Waals surface area contributed by atoms with E-state index in [0.29, 0.717) is 12.8 Å². The lowest BCUT2D eigenvalue weighted by atomic mass is 9.90. The van der Waals surface area contributed by atoms with Gasteiger partial charge in [-0.3, -0.25) is 24.0 Å². The Morgan fingerprint density at radius 1 is 0.638 bits per heavy atom. The molecule has 2 fully saturated rings. The summed E-state index contributed by atoms with van der Waals surface area (Å²) in [5.41, 5.74) is 4.26. The lowest BCUT2D eigenvalue weighted by Gasteiger charge is -2.30. The Morgan fingerprint density at radius 2 is 1.02 bits per heavy atom. The molecule has 276 valence electrons. The number of ether oxygens (including phenoxy) is 4. The molecule has 3 N–H and O–H groups in total. The maximum atomic E-state index is 12.0. The number of carbonyl (C=O) groups excluding carboxylic acids is 6. The van der Waals surface area contributed by atoms with E-state index in [4.69, 9.17) is 22.1 Å². The van der Waals surface area contributed by atoms with Crippen LogP contribution >= 0.6 is 24.0 Å². The molecule has 0 radical (unpaired) electrons. The summed E-state index contributed by atoms with van der Waals surface area (Å²) in [6.45, 7) is 10.1. The molecule has 2 aliphatic carbocycles. The maximum Gasteiger partial charge on any atom is 0.331 e. The Labute approximate surface area is 292 Å². The van der Waals surface area contributed by atoms with Crippen molar-refractivity contribution in [2.24, 2.45) is 5.73 Å². The molecule has 0 aromatic carbocycles. The van der Waals surface area contributed by atoms with E-state index in [-0.39, 0.29) is 31.2 Å². The Bertz CT molecular complexity index is 911. The summed E-state index contributed by atoms with van der Waals surface area (Å²) in [5, 5.41) is 1.98. The largest absolute Gasteiger partial charge is 0.469 e. The van der Waals surface area contributed by atoms with Gasteiger partial charge in [-0.2, -0.15) is 0 Å². The van der Waals surface area contributed by atoms with Gasteiger partial charge in [-0.25, -0.2) is 4.79 Å². The van der Waals surface area contributed by atoms with Crippen molar-refractivity contribution in [2.75, 3.05) is 48.1 Å². The smallest absolute Gasteiger partial charge is 0.331 e. The summed E-state index contributed by atoms with van der Waals surface area (Å²) in [6, 6.07) is 0. The topological polar surface area (TPSA) is 181 Å². The second kappa shape index (κ2) is 28.5. The van der Waals surface area contributed by atoms with Gasteiger partial charge in [0.15, 0.2) is 0 Å². The zero-order chi connectivity index (χ0) is 35.6. The lowest BCUT2D eigenvalue weighted by molar-refractivity contribution is -0.153. The molecule has 47 heavy (non-hydrogen) atoms. The third kappa shape index (κ3) is 21.9. The molecule has 0 bridgehead atoms. The molecule has 15 heteroatoms. The van der Waals surface area contributed by atoms with Gasteiger partial charge in [-0.1, -0.05) is 72.1 Å². The Morgan fingerprint density at radius 3 is 1.32 bits per heavy atom. The van der Waals surface area contributed by atoms with E-state index < -0.39 is 40.1 Å². The number of rotatable bonds is 10. The fourth-order valence-electron chi connectivity index (χ4n) is 5.05. The van der Waals surface area contributed by atoms with Crippen LogP contribution in [0.4, 0.5) is 0 Å². The summed E-state index contributed by atoms with van der Waals surface area (Å²) in [5.74, 6) is -2.41. The SMILES string of the molecule is CCN(CC)CC.COC(=O)C1(N)CCCCCC1.COC(=O)CC(=O)Cl.COC(=O)CC(=O)NC1(C(=O)OC)CCCCCC1.Cl. The van der Waals surface area contributed by atoms with Crippen LogP contribution < -0.4 is 11.1 Å². The highest BCUT2D eigenvalue weighted by Gasteiger charge is 2.41. The molecule has 0 aromatic heterocycles. The van der Waals surface area contributed by atoms with Crippen LogP contribution in [0.15, 0.2) is 0 Å². The van der Waals surface area contributed by atoms with Crippen molar-refractivity contribution in [1.82, 2.24) is 10.2 Å². The average Bonchev–Trinajstić information content (AvgIpc) is 3.42. The van der Waals surface area contributed by atoms with Crippen LogP contribution in [0, 0.1) is 0 Å². The van der Waals surface area contributed by atoms with Gasteiger partial charge in [0.1, 0.15) is 23.9 Å². The number of methoxy groups -OCH3 is 4. The average molecular weight is 717 g/mol. The van der Waals surface area contributed by atoms with Crippen LogP contribution in [0.1, 0.15) is 111 Å². The molecule has 1 amide bonds. The van der Waals surface area contributed by atoms with Gasteiger partial charge in [-0.05, 0) is 56.9 Å². The molecule has 0 saturated heterocycles. The highest BCUT2D eigenvalue weighted by molar-refractivity contribution is 6.64. The fourth-order valence-corrected chi connectivity index (χ4v) is 5.15. The first-order valence-electron chi connectivity index (χ1n) is 16.1. The molecule has 0 unspecified atom stereocenters. The summed E-state index contributed by atoms with van der Waals surface area (Å²) in [6.07, 6.45) is 10.2. The number of carbonyl (C=O) groups is 6. The summed E-state index contributed by atoms with van der Waals surface area (Å²) >= 11 is 4.81. The zero-order valence-electron chi connectivity index (χ0n) is 29.4. The molecule has 2 aliphatic rings. The highest BCUT2D eigenvalue weighted by Crippen LogP contribution is 2.28. The zero-order valence-corrected chi connectivity index (χ0v) is 31.0. The van der Waals surface area contributed by atoms with Gasteiger partial charge in [0.05, 0.1) is 28.4 Å². The number of nitrogens with two attached hydrogens (primary N) is 1. The normalized spacial score (nSPS) is 16.0. The number of amides is 1. The van der Waals surface area contributed by atoms with Gasteiger partial charge in [0.25, 0.3) is 0 Å². The molecular formula is C32H59Cl2N3O10. The van der Waals surface area contributed by atoms with E-state index in [2.05, 4.69) is 45.2 Å². The van der Waals surface area contributed by atoms with Crippen LogP contribution in [0.2, 0.25) is 0 Å². The molecule has 0 heterocycles. The van der Waals surface area contributed by atoms with Crippen molar-refractivity contribution in [3.05, 3.63) is 0 Å². The van der Waals surface area contributed by atoms with Crippen LogP contribution in [0.25, 0.3) is 0 Å². The maximum absolute atomic E-state index is 12.0. The van der Waals surface area contributed by atoms with E-state index in [1.807, 2.05) is 0 Å². The van der Waals surface area contributed by atoms with Crippen molar-refractivity contribution in [1.29, 1.82) is 0 Å². The Balaban J connectivity index is -0.000000594. The predicted octanol–water partition coefficient (Wildman–Crippen LogP) is 4.23. The molecule has 2 rings (SSSR count). The highest BCUT2D eigenvalue weighted by atomic mass is 35.5. The minimum Gasteiger partial charge on any atom is -0.469 e. The van der Waals surface area contributed by atoms with Crippen LogP contribution in [0.3, 0.4) is 0 Å². The summed E-state index contributed by atoms with van der Waals surface area (Å²) in [7, 11) is 5.13. The third-order valence-electron chi connectivity index (χ3n) is 7.88. The number of hydrogen-bond acceptors (Lipinski definition) is 12. The standard InChI is InChI=1S/C13H21NO5.C9H17NO2.C6H15N.C4H5ClO3.ClH/c1-18-11(16)9-10(15)14-13(12(17)19-2)7-5-3-4-6-8-13;1-12-8(11)9(10)6-4-2-3-5-7-9;1-4-7(5-2)6-3;1-8-4(7)2-3(5)6;/h3-9H2,1-2H3,(H,14,15);2-7,10H2,1H3;4-6H2,1-3H3;2H2,1H3;1H. The van der Waals surface area contributed by atoms with E-state index in [0.717, 1.165) is 51.4 Å². The van der Waals surface area contributed by atoms with Crippen molar-refractivity contribution in [3.63, 3.8) is 0 Å². The first kappa shape index (κ1) is 48.9. The quantitative estimate of drug-likeness (QED) is 0.108. The Kier molecular flexibility index (Phi) is 29.7. The van der Waals surface area contributed by atoms with Gasteiger partial charge in [0, 0.05) is 0 Å². The van der Waals surface area contributed by atoms with E-state index >= 15 is 0 Å². The molecule has 13 nitrogen and oxygen atoms in total. The van der Waals surface area contributed by atoms with Crippen LogP contribution in [-0.2, 0) is 47.7 Å². The second-order valence-corrected chi connectivity index (χ2v) is 11.5.